The Hall–Kier alpha value is -0.240. The molecule has 72 valence electrons. The monoisotopic (exact) mass is 218 g/mol. The molecule has 0 aliphatic rings. The normalized spacial score (nSPS) is 12.9. The third-order valence-electron chi connectivity index (χ3n) is 1.90. The number of hydrogen-bond donors (Lipinski definition) is 1. The fourth-order valence-electron chi connectivity index (χ4n) is 1.25. The number of rotatable bonds is 3. The van der Waals surface area contributed by atoms with Crippen LogP contribution in [0.5, 0.6) is 0 Å². The van der Waals surface area contributed by atoms with Crippen LogP contribution in [0.3, 0.4) is 0 Å². The van der Waals surface area contributed by atoms with Crippen molar-refractivity contribution in [1.29, 1.82) is 0 Å². The first-order chi connectivity index (χ1) is 6.16. The summed E-state index contributed by atoms with van der Waals surface area (Å²) in [6.45, 7) is 2.01. The van der Waals surface area contributed by atoms with Crippen molar-refractivity contribution in [3.05, 3.63) is 33.8 Å². The molecule has 1 N–H and O–H groups in total. The van der Waals surface area contributed by atoms with Crippen molar-refractivity contribution in [2.75, 3.05) is 0 Å². The molecule has 1 atom stereocenters. The maximum Gasteiger partial charge on any atom is 0.0819 e. The molecule has 1 aromatic rings. The predicted molar refractivity (Wildman–Crippen MR) is 56.3 cm³/mol. The van der Waals surface area contributed by atoms with Crippen molar-refractivity contribution in [1.82, 2.24) is 0 Å². The SMILES string of the molecule is CCCC(O)c1c(Cl)cccc1Cl. The van der Waals surface area contributed by atoms with Gasteiger partial charge in [0.05, 0.1) is 6.10 Å². The Bertz CT molecular complexity index is 266. The van der Waals surface area contributed by atoms with Crippen molar-refractivity contribution in [3.63, 3.8) is 0 Å². The fourth-order valence-corrected chi connectivity index (χ4v) is 1.90. The quantitative estimate of drug-likeness (QED) is 0.818. The standard InChI is InChI=1S/C10H12Cl2O/c1-2-4-9(13)10-7(11)5-3-6-8(10)12/h3,5-6,9,13H,2,4H2,1H3. The van der Waals surface area contributed by atoms with Crippen LogP contribution in [0.4, 0.5) is 0 Å². The minimum Gasteiger partial charge on any atom is -0.388 e. The van der Waals surface area contributed by atoms with Gasteiger partial charge in [-0.2, -0.15) is 0 Å². The number of aliphatic hydroxyl groups is 1. The highest BCUT2D eigenvalue weighted by Gasteiger charge is 2.13. The van der Waals surface area contributed by atoms with Crippen LogP contribution >= 0.6 is 23.2 Å². The average molecular weight is 219 g/mol. The average Bonchev–Trinajstić information content (AvgIpc) is 2.04. The molecule has 1 rings (SSSR count). The second-order valence-corrected chi connectivity index (χ2v) is 3.75. The minimum absolute atomic E-state index is 0.536. The molecule has 1 aromatic carbocycles. The van der Waals surface area contributed by atoms with Crippen LogP contribution in [0.25, 0.3) is 0 Å². The lowest BCUT2D eigenvalue weighted by atomic mass is 10.1. The van der Waals surface area contributed by atoms with Gasteiger partial charge in [-0.25, -0.2) is 0 Å². The van der Waals surface area contributed by atoms with Gasteiger partial charge in [-0.3, -0.25) is 0 Å². The van der Waals surface area contributed by atoms with Crippen molar-refractivity contribution < 1.29 is 5.11 Å². The first-order valence-corrected chi connectivity index (χ1v) is 5.04. The lowest BCUT2D eigenvalue weighted by molar-refractivity contribution is 0.166. The molecule has 3 heteroatoms. The maximum atomic E-state index is 9.71. The summed E-state index contributed by atoms with van der Waals surface area (Å²) in [6.07, 6.45) is 1.04. The summed E-state index contributed by atoms with van der Waals surface area (Å²) in [7, 11) is 0. The molecule has 13 heavy (non-hydrogen) atoms. The molecule has 1 nitrogen and oxygen atoms in total. The minimum atomic E-state index is -0.550. The number of benzene rings is 1. The second-order valence-electron chi connectivity index (χ2n) is 2.94. The van der Waals surface area contributed by atoms with Crippen LogP contribution in [0.1, 0.15) is 31.4 Å². The zero-order chi connectivity index (χ0) is 9.84. The highest BCUT2D eigenvalue weighted by Crippen LogP contribution is 2.32. The van der Waals surface area contributed by atoms with Crippen LogP contribution in [0.15, 0.2) is 18.2 Å². The predicted octanol–water partition coefficient (Wildman–Crippen LogP) is 3.83. The number of hydrogen-bond acceptors (Lipinski definition) is 1. The highest BCUT2D eigenvalue weighted by atomic mass is 35.5. The van der Waals surface area contributed by atoms with E-state index in [-0.39, 0.29) is 0 Å². The van der Waals surface area contributed by atoms with Gasteiger partial charge in [-0.15, -0.1) is 0 Å². The smallest absolute Gasteiger partial charge is 0.0819 e. The van der Waals surface area contributed by atoms with Gasteiger partial charge >= 0.3 is 0 Å². The van der Waals surface area contributed by atoms with E-state index in [9.17, 15) is 5.11 Å². The Balaban J connectivity index is 2.98. The fraction of sp³-hybridized carbons (Fsp3) is 0.400. The molecule has 0 spiro atoms. The number of halogens is 2. The van der Waals surface area contributed by atoms with Gasteiger partial charge in [0.25, 0.3) is 0 Å². The molecule has 0 heterocycles. The molecule has 0 aromatic heterocycles. The summed E-state index contributed by atoms with van der Waals surface area (Å²) in [5, 5.41) is 10.8. The van der Waals surface area contributed by atoms with Gasteiger partial charge in [-0.1, -0.05) is 42.6 Å². The van der Waals surface area contributed by atoms with E-state index in [0.717, 1.165) is 6.42 Å². The topological polar surface area (TPSA) is 20.2 Å². The Morgan fingerprint density at radius 1 is 1.31 bits per heavy atom. The van der Waals surface area contributed by atoms with Gasteiger partial charge in [-0.05, 0) is 18.6 Å². The van der Waals surface area contributed by atoms with E-state index in [4.69, 9.17) is 23.2 Å². The van der Waals surface area contributed by atoms with E-state index >= 15 is 0 Å². The van der Waals surface area contributed by atoms with Gasteiger partial charge in [0.1, 0.15) is 0 Å². The Labute approximate surface area is 88.3 Å². The van der Waals surface area contributed by atoms with Gasteiger partial charge in [0.2, 0.25) is 0 Å². The molecule has 0 aliphatic heterocycles. The molecule has 0 amide bonds. The van der Waals surface area contributed by atoms with Crippen molar-refractivity contribution in [2.24, 2.45) is 0 Å². The summed E-state index contributed by atoms with van der Waals surface area (Å²) in [5.74, 6) is 0. The molecule has 0 aliphatic carbocycles. The molecule has 0 saturated heterocycles. The van der Waals surface area contributed by atoms with Gasteiger partial charge in [0.15, 0.2) is 0 Å². The van der Waals surface area contributed by atoms with Crippen LogP contribution < -0.4 is 0 Å². The zero-order valence-electron chi connectivity index (χ0n) is 7.43. The summed E-state index contributed by atoms with van der Waals surface area (Å²) in [4.78, 5) is 0. The molecular weight excluding hydrogens is 207 g/mol. The Kier molecular flexibility index (Phi) is 4.04. The number of aliphatic hydroxyl groups excluding tert-OH is 1. The third-order valence-corrected chi connectivity index (χ3v) is 2.55. The molecule has 0 radical (unpaired) electrons. The van der Waals surface area contributed by atoms with Gasteiger partial charge in [0, 0.05) is 15.6 Å². The van der Waals surface area contributed by atoms with E-state index in [1.165, 1.54) is 0 Å². The molecular formula is C10H12Cl2O. The summed E-state index contributed by atoms with van der Waals surface area (Å²) in [6, 6.07) is 5.25. The van der Waals surface area contributed by atoms with Crippen LogP contribution in [0.2, 0.25) is 10.0 Å². The molecule has 0 saturated carbocycles. The maximum absolute atomic E-state index is 9.71. The molecule has 0 fully saturated rings. The lowest BCUT2D eigenvalue weighted by Gasteiger charge is -2.12. The van der Waals surface area contributed by atoms with E-state index in [1.54, 1.807) is 18.2 Å². The third kappa shape index (κ3) is 2.60. The Morgan fingerprint density at radius 2 is 1.85 bits per heavy atom. The van der Waals surface area contributed by atoms with Crippen molar-refractivity contribution >= 4 is 23.2 Å². The molecule has 0 bridgehead atoms. The summed E-state index contributed by atoms with van der Waals surface area (Å²) in [5.41, 5.74) is 0.646. The van der Waals surface area contributed by atoms with Crippen LogP contribution in [-0.2, 0) is 0 Å². The lowest BCUT2D eigenvalue weighted by Crippen LogP contribution is -1.98. The van der Waals surface area contributed by atoms with E-state index in [0.29, 0.717) is 22.0 Å². The van der Waals surface area contributed by atoms with Crippen LogP contribution in [-0.4, -0.2) is 5.11 Å². The largest absolute Gasteiger partial charge is 0.388 e. The first-order valence-electron chi connectivity index (χ1n) is 4.28. The van der Waals surface area contributed by atoms with Gasteiger partial charge < -0.3 is 5.11 Å². The molecule has 1 unspecified atom stereocenters. The van der Waals surface area contributed by atoms with E-state index < -0.39 is 6.10 Å². The zero-order valence-corrected chi connectivity index (χ0v) is 8.94. The highest BCUT2D eigenvalue weighted by molar-refractivity contribution is 6.36. The summed E-state index contributed by atoms with van der Waals surface area (Å²) >= 11 is 11.8. The van der Waals surface area contributed by atoms with Crippen molar-refractivity contribution in [2.45, 2.75) is 25.9 Å². The van der Waals surface area contributed by atoms with Crippen molar-refractivity contribution in [3.8, 4) is 0 Å². The summed E-state index contributed by atoms with van der Waals surface area (Å²) < 4.78 is 0. The Morgan fingerprint density at radius 3 is 2.31 bits per heavy atom. The first kappa shape index (κ1) is 10.8. The second kappa shape index (κ2) is 4.85. The van der Waals surface area contributed by atoms with E-state index in [1.807, 2.05) is 6.92 Å². The van der Waals surface area contributed by atoms with Crippen LogP contribution in [0, 0.1) is 0 Å². The van der Waals surface area contributed by atoms with E-state index in [2.05, 4.69) is 0 Å².